The number of nitrogens with two attached hydrogens (primary N) is 1. The SMILES string of the molecule is NCc1cc(C(=O)O)ccc1NC(=O)CCN1C(=O)/C(=C/c2cc(-c3ccc(F)c(F)c3)cs2)SC1=S. The number of carbonyl (C=O) groups excluding carboxylic acids is 2. The van der Waals surface area contributed by atoms with E-state index in [0.29, 0.717) is 31.6 Å². The second-order valence-electron chi connectivity index (χ2n) is 7.88. The van der Waals surface area contributed by atoms with Gasteiger partial charge >= 0.3 is 5.97 Å². The number of carboxylic acid groups (broad SMARTS) is 1. The van der Waals surface area contributed by atoms with Crippen LogP contribution in [-0.2, 0) is 16.1 Å². The summed E-state index contributed by atoms with van der Waals surface area (Å²) in [5.74, 6) is -3.68. The molecule has 0 spiro atoms. The second kappa shape index (κ2) is 11.3. The number of carbonyl (C=O) groups is 3. The van der Waals surface area contributed by atoms with Gasteiger partial charge in [0.05, 0.1) is 10.5 Å². The van der Waals surface area contributed by atoms with E-state index in [9.17, 15) is 23.2 Å². The lowest BCUT2D eigenvalue weighted by molar-refractivity contribution is -0.122. The minimum Gasteiger partial charge on any atom is -0.478 e. The van der Waals surface area contributed by atoms with Crippen molar-refractivity contribution < 1.29 is 28.3 Å². The first-order valence-electron chi connectivity index (χ1n) is 10.8. The first kappa shape index (κ1) is 26.6. The number of hydrogen-bond acceptors (Lipinski definition) is 7. The van der Waals surface area contributed by atoms with Gasteiger partial charge in [0.2, 0.25) is 5.91 Å². The van der Waals surface area contributed by atoms with Gasteiger partial charge in [0.15, 0.2) is 11.6 Å². The number of carboxylic acids is 1. The molecule has 0 atom stereocenters. The molecule has 1 aliphatic heterocycles. The Hall–Kier alpha value is -3.45. The van der Waals surface area contributed by atoms with Crippen molar-refractivity contribution in [2.45, 2.75) is 13.0 Å². The molecule has 1 aromatic heterocycles. The number of thiophene rings is 1. The minimum absolute atomic E-state index is 0.0380. The third-order valence-electron chi connectivity index (χ3n) is 5.43. The van der Waals surface area contributed by atoms with Gasteiger partial charge in [-0.15, -0.1) is 11.3 Å². The predicted molar refractivity (Wildman–Crippen MR) is 144 cm³/mol. The molecule has 0 unspecified atom stereocenters. The number of halogens is 2. The first-order chi connectivity index (χ1) is 17.7. The summed E-state index contributed by atoms with van der Waals surface area (Å²) in [6.45, 7) is 0.0975. The lowest BCUT2D eigenvalue weighted by atomic mass is 10.1. The number of hydrogen-bond donors (Lipinski definition) is 3. The molecule has 3 aromatic rings. The Kier molecular flexibility index (Phi) is 8.13. The van der Waals surface area contributed by atoms with Crippen LogP contribution >= 0.6 is 35.3 Å². The first-order valence-corrected chi connectivity index (χ1v) is 12.9. The normalized spacial score (nSPS) is 14.5. The average Bonchev–Trinajstić information content (AvgIpc) is 3.43. The number of aromatic carboxylic acids is 1. The summed E-state index contributed by atoms with van der Waals surface area (Å²) in [7, 11) is 0. The highest BCUT2D eigenvalue weighted by molar-refractivity contribution is 8.26. The molecule has 2 heterocycles. The number of anilines is 1. The van der Waals surface area contributed by atoms with Gasteiger partial charge in [-0.2, -0.15) is 0 Å². The van der Waals surface area contributed by atoms with Gasteiger partial charge < -0.3 is 16.2 Å². The molecule has 0 aliphatic carbocycles. The molecule has 2 amide bonds. The fourth-order valence-electron chi connectivity index (χ4n) is 3.52. The molecule has 1 aliphatic rings. The van der Waals surface area contributed by atoms with Gasteiger partial charge in [0, 0.05) is 30.1 Å². The van der Waals surface area contributed by atoms with Crippen LogP contribution in [0.4, 0.5) is 14.5 Å². The summed E-state index contributed by atoms with van der Waals surface area (Å²) in [4.78, 5) is 39.0. The molecular weight excluding hydrogens is 540 g/mol. The Bertz CT molecular complexity index is 1450. The summed E-state index contributed by atoms with van der Waals surface area (Å²) >= 11 is 7.78. The van der Waals surface area contributed by atoms with Crippen LogP contribution in [0.15, 0.2) is 52.7 Å². The van der Waals surface area contributed by atoms with Crippen molar-refractivity contribution in [2.75, 3.05) is 11.9 Å². The molecule has 0 saturated carbocycles. The van der Waals surface area contributed by atoms with Crippen LogP contribution < -0.4 is 11.1 Å². The van der Waals surface area contributed by atoms with Crippen LogP contribution in [0.5, 0.6) is 0 Å². The number of thiocarbonyl (C=S) groups is 1. The van der Waals surface area contributed by atoms with Crippen molar-refractivity contribution in [3.05, 3.63) is 80.4 Å². The summed E-state index contributed by atoms with van der Waals surface area (Å²) in [6, 6.07) is 9.66. The van der Waals surface area contributed by atoms with E-state index in [0.717, 1.165) is 28.8 Å². The van der Waals surface area contributed by atoms with Crippen LogP contribution in [-0.4, -0.2) is 38.7 Å². The summed E-state index contributed by atoms with van der Waals surface area (Å²) < 4.78 is 27.1. The largest absolute Gasteiger partial charge is 0.478 e. The van der Waals surface area contributed by atoms with Gasteiger partial charge in [-0.05, 0) is 64.5 Å². The summed E-state index contributed by atoms with van der Waals surface area (Å²) in [5, 5.41) is 13.6. The van der Waals surface area contributed by atoms with E-state index in [1.54, 1.807) is 17.5 Å². The van der Waals surface area contributed by atoms with Gasteiger partial charge in [0.1, 0.15) is 4.32 Å². The maximum Gasteiger partial charge on any atom is 0.335 e. The predicted octanol–water partition coefficient (Wildman–Crippen LogP) is 5.08. The molecule has 190 valence electrons. The van der Waals surface area contributed by atoms with Crippen molar-refractivity contribution in [3.8, 4) is 11.1 Å². The second-order valence-corrected chi connectivity index (χ2v) is 10.5. The van der Waals surface area contributed by atoms with E-state index in [2.05, 4.69) is 5.32 Å². The van der Waals surface area contributed by atoms with Crippen molar-refractivity contribution >= 4 is 69.2 Å². The Morgan fingerprint density at radius 3 is 2.59 bits per heavy atom. The summed E-state index contributed by atoms with van der Waals surface area (Å²) in [5.41, 5.74) is 7.82. The lowest BCUT2D eigenvalue weighted by Crippen LogP contribution is -2.31. The Balaban J connectivity index is 1.39. The Labute approximate surface area is 224 Å². The van der Waals surface area contributed by atoms with E-state index in [4.69, 9.17) is 23.1 Å². The Morgan fingerprint density at radius 2 is 1.89 bits per heavy atom. The number of thioether (sulfide) groups is 1. The van der Waals surface area contributed by atoms with E-state index in [1.807, 2.05) is 0 Å². The summed E-state index contributed by atoms with van der Waals surface area (Å²) in [6.07, 6.45) is 1.63. The number of nitrogens with zero attached hydrogens (tertiary/aromatic N) is 1. The highest BCUT2D eigenvalue weighted by Crippen LogP contribution is 2.35. The molecule has 37 heavy (non-hydrogen) atoms. The quantitative estimate of drug-likeness (QED) is 0.261. The molecule has 4 N–H and O–H groups in total. The van der Waals surface area contributed by atoms with Crippen molar-refractivity contribution in [1.29, 1.82) is 0 Å². The van der Waals surface area contributed by atoms with Crippen LogP contribution in [0.1, 0.15) is 27.2 Å². The van der Waals surface area contributed by atoms with Gasteiger partial charge in [0.25, 0.3) is 5.91 Å². The molecular formula is C25H19F2N3O4S3. The van der Waals surface area contributed by atoms with Crippen molar-refractivity contribution in [3.63, 3.8) is 0 Å². The molecule has 1 fully saturated rings. The topological polar surface area (TPSA) is 113 Å². The molecule has 1 saturated heterocycles. The lowest BCUT2D eigenvalue weighted by Gasteiger charge is -2.15. The highest BCUT2D eigenvalue weighted by atomic mass is 32.2. The monoisotopic (exact) mass is 559 g/mol. The molecule has 2 aromatic carbocycles. The maximum atomic E-state index is 13.6. The van der Waals surface area contributed by atoms with Gasteiger partial charge in [-0.1, -0.05) is 30.0 Å². The van der Waals surface area contributed by atoms with Gasteiger partial charge in [-0.3, -0.25) is 14.5 Å². The van der Waals surface area contributed by atoms with Crippen LogP contribution in [0.25, 0.3) is 17.2 Å². The molecule has 0 bridgehead atoms. The average molecular weight is 560 g/mol. The van der Waals surface area contributed by atoms with Crippen molar-refractivity contribution in [2.24, 2.45) is 5.73 Å². The minimum atomic E-state index is -1.10. The molecule has 0 radical (unpaired) electrons. The molecule has 7 nitrogen and oxygen atoms in total. The zero-order valence-corrected chi connectivity index (χ0v) is 21.4. The molecule has 12 heteroatoms. The number of amides is 2. The maximum absolute atomic E-state index is 13.6. The van der Waals surface area contributed by atoms with Crippen molar-refractivity contribution in [1.82, 2.24) is 4.90 Å². The zero-order valence-electron chi connectivity index (χ0n) is 19.0. The molecule has 4 rings (SSSR count). The van der Waals surface area contributed by atoms with Crippen LogP contribution in [0.2, 0.25) is 0 Å². The number of rotatable bonds is 8. The van der Waals surface area contributed by atoms with E-state index in [1.165, 1.54) is 40.5 Å². The van der Waals surface area contributed by atoms with E-state index < -0.39 is 17.6 Å². The number of nitrogens with one attached hydrogen (secondary N) is 1. The van der Waals surface area contributed by atoms with E-state index >= 15 is 0 Å². The van der Waals surface area contributed by atoms with Crippen LogP contribution in [0, 0.1) is 11.6 Å². The third kappa shape index (κ3) is 6.10. The number of benzene rings is 2. The smallest absolute Gasteiger partial charge is 0.335 e. The Morgan fingerprint density at radius 1 is 1.11 bits per heavy atom. The third-order valence-corrected chi connectivity index (χ3v) is 7.69. The highest BCUT2D eigenvalue weighted by Gasteiger charge is 2.32. The van der Waals surface area contributed by atoms with Gasteiger partial charge in [-0.25, -0.2) is 13.6 Å². The fraction of sp³-hybridized carbons (Fsp3) is 0.120. The van der Waals surface area contributed by atoms with Crippen LogP contribution in [0.3, 0.4) is 0 Å². The fourth-order valence-corrected chi connectivity index (χ4v) is 5.74. The zero-order chi connectivity index (χ0) is 26.7. The van der Waals surface area contributed by atoms with E-state index in [-0.39, 0.29) is 36.9 Å². The standard InChI is InChI=1S/C25H19F2N3O4S3/c26-18-3-1-13(9-19(18)27)16-8-17(36-12-16)10-21-23(32)30(25(35)37-21)6-5-22(31)29-20-4-2-14(24(33)34)7-15(20)11-28/h1-4,7-10,12H,5-6,11,28H2,(H,29,31)(H,33,34)/b21-10-.